The molecule has 27 heavy (non-hydrogen) atoms. The van der Waals surface area contributed by atoms with Crippen LogP contribution >= 0.6 is 11.6 Å². The van der Waals surface area contributed by atoms with Gasteiger partial charge in [0.2, 0.25) is 0 Å². The van der Waals surface area contributed by atoms with Gasteiger partial charge in [-0.3, -0.25) is 14.6 Å². The quantitative estimate of drug-likeness (QED) is 0.854. The first-order valence-corrected chi connectivity index (χ1v) is 9.37. The molecule has 0 radical (unpaired) electrons. The van der Waals surface area contributed by atoms with Crippen LogP contribution in [0, 0.1) is 0 Å². The number of piperazine rings is 1. The summed E-state index contributed by atoms with van der Waals surface area (Å²) in [6.45, 7) is 3.59. The largest absolute Gasteiger partial charge is 0.350 e. The minimum atomic E-state index is -0.281. The number of carbonyl (C=O) groups excluding carboxylic acids is 2. The summed E-state index contributed by atoms with van der Waals surface area (Å²) < 4.78 is 0. The molecule has 7 heteroatoms. The van der Waals surface area contributed by atoms with E-state index in [9.17, 15) is 9.59 Å². The zero-order valence-corrected chi connectivity index (χ0v) is 16.1. The second-order valence-electron chi connectivity index (χ2n) is 6.66. The first kappa shape index (κ1) is 19.3. The first-order chi connectivity index (χ1) is 13.0. The van der Waals surface area contributed by atoms with Gasteiger partial charge in [0.1, 0.15) is 5.69 Å². The molecule has 2 heterocycles. The van der Waals surface area contributed by atoms with Crippen LogP contribution < -0.4 is 5.32 Å². The summed E-state index contributed by atoms with van der Waals surface area (Å²) in [5.74, 6) is -0.335. The fraction of sp³-hybridized carbons (Fsp3) is 0.350. The van der Waals surface area contributed by atoms with E-state index in [0.29, 0.717) is 36.6 Å². The smallest absolute Gasteiger partial charge is 0.269 e. The molecule has 0 aliphatic carbocycles. The molecule has 2 amide bonds. The van der Waals surface area contributed by atoms with Crippen LogP contribution in [0.15, 0.2) is 42.6 Å². The Hall–Kier alpha value is -2.44. The van der Waals surface area contributed by atoms with Crippen molar-refractivity contribution in [3.63, 3.8) is 0 Å². The van der Waals surface area contributed by atoms with Gasteiger partial charge in [-0.15, -0.1) is 0 Å². The average Bonchev–Trinajstić information content (AvgIpc) is 2.69. The number of pyridine rings is 1. The standard InChI is InChI=1S/C20H23ClN4O2/c1-24-10-12-25(13-11-24)20(27)16-7-9-22-18(14-16)19(26)23-8-6-15-2-4-17(21)5-3-15/h2-5,7,9,14H,6,8,10-13H2,1H3,(H,23,26). The zero-order valence-electron chi connectivity index (χ0n) is 15.3. The van der Waals surface area contributed by atoms with Crippen LogP contribution in [-0.2, 0) is 6.42 Å². The minimum absolute atomic E-state index is 0.0549. The predicted molar refractivity (Wildman–Crippen MR) is 105 cm³/mol. The summed E-state index contributed by atoms with van der Waals surface area (Å²) in [6.07, 6.45) is 2.21. The Labute approximate surface area is 164 Å². The number of rotatable bonds is 5. The molecule has 0 bridgehead atoms. The lowest BCUT2D eigenvalue weighted by atomic mass is 10.1. The van der Waals surface area contributed by atoms with E-state index in [1.807, 2.05) is 36.2 Å². The van der Waals surface area contributed by atoms with Crippen LogP contribution in [0.5, 0.6) is 0 Å². The van der Waals surface area contributed by atoms with E-state index in [2.05, 4.69) is 15.2 Å². The van der Waals surface area contributed by atoms with Crippen LogP contribution in [0.2, 0.25) is 5.02 Å². The molecule has 1 aliphatic rings. The fourth-order valence-electron chi connectivity index (χ4n) is 2.94. The zero-order chi connectivity index (χ0) is 19.2. The number of hydrogen-bond donors (Lipinski definition) is 1. The number of likely N-dealkylation sites (N-methyl/N-ethyl adjacent to an activating group) is 1. The summed E-state index contributed by atoms with van der Waals surface area (Å²) >= 11 is 5.87. The summed E-state index contributed by atoms with van der Waals surface area (Å²) in [6, 6.07) is 10.7. The highest BCUT2D eigenvalue weighted by atomic mass is 35.5. The number of carbonyl (C=O) groups is 2. The van der Waals surface area contributed by atoms with Gasteiger partial charge in [-0.1, -0.05) is 23.7 Å². The van der Waals surface area contributed by atoms with Crippen molar-refractivity contribution in [2.75, 3.05) is 39.8 Å². The maximum Gasteiger partial charge on any atom is 0.269 e. The summed E-state index contributed by atoms with van der Waals surface area (Å²) in [7, 11) is 2.04. The number of nitrogens with one attached hydrogen (secondary N) is 1. The Morgan fingerprint density at radius 3 is 2.52 bits per heavy atom. The Kier molecular flexibility index (Phi) is 6.42. The number of hydrogen-bond acceptors (Lipinski definition) is 4. The molecule has 0 unspecified atom stereocenters. The van der Waals surface area contributed by atoms with Gasteiger partial charge in [-0.25, -0.2) is 0 Å². The van der Waals surface area contributed by atoms with E-state index in [1.165, 1.54) is 6.20 Å². The molecule has 2 aromatic rings. The molecule has 142 valence electrons. The molecular formula is C20H23ClN4O2. The third-order valence-corrected chi connectivity index (χ3v) is 4.89. The molecule has 1 aromatic carbocycles. The van der Waals surface area contributed by atoms with Crippen LogP contribution in [0.3, 0.4) is 0 Å². The maximum atomic E-state index is 12.6. The number of nitrogens with zero attached hydrogens (tertiary/aromatic N) is 3. The second kappa shape index (κ2) is 8.97. The van der Waals surface area contributed by atoms with E-state index in [0.717, 1.165) is 18.7 Å². The third kappa shape index (κ3) is 5.28. The monoisotopic (exact) mass is 386 g/mol. The summed E-state index contributed by atoms with van der Waals surface area (Å²) in [5, 5.41) is 3.54. The van der Waals surface area contributed by atoms with E-state index < -0.39 is 0 Å². The second-order valence-corrected chi connectivity index (χ2v) is 7.09. The van der Waals surface area contributed by atoms with Gasteiger partial charge in [0, 0.05) is 49.5 Å². The van der Waals surface area contributed by atoms with Crippen molar-refractivity contribution in [1.29, 1.82) is 0 Å². The summed E-state index contributed by atoms with van der Waals surface area (Å²) in [5.41, 5.74) is 1.84. The number of amides is 2. The van der Waals surface area contributed by atoms with Gasteiger partial charge >= 0.3 is 0 Å². The molecular weight excluding hydrogens is 364 g/mol. The molecule has 6 nitrogen and oxygen atoms in total. The van der Waals surface area contributed by atoms with Crippen LogP contribution in [0.1, 0.15) is 26.4 Å². The molecule has 1 aliphatic heterocycles. The molecule has 0 spiro atoms. The van der Waals surface area contributed by atoms with Gasteiger partial charge in [0.25, 0.3) is 11.8 Å². The Morgan fingerprint density at radius 1 is 1.11 bits per heavy atom. The molecule has 1 fully saturated rings. The van der Waals surface area contributed by atoms with E-state index in [-0.39, 0.29) is 17.5 Å². The molecule has 1 N–H and O–H groups in total. The maximum absolute atomic E-state index is 12.6. The summed E-state index contributed by atoms with van der Waals surface area (Å²) in [4.78, 5) is 33.1. The molecule has 1 aromatic heterocycles. The Morgan fingerprint density at radius 2 is 1.81 bits per heavy atom. The van der Waals surface area contributed by atoms with Crippen molar-refractivity contribution in [1.82, 2.24) is 20.1 Å². The topological polar surface area (TPSA) is 65.5 Å². The van der Waals surface area contributed by atoms with E-state index in [1.54, 1.807) is 12.1 Å². The van der Waals surface area contributed by atoms with Gasteiger partial charge in [0.15, 0.2) is 0 Å². The highest BCUT2D eigenvalue weighted by molar-refractivity contribution is 6.30. The number of aromatic nitrogens is 1. The van der Waals surface area contributed by atoms with Gasteiger partial charge in [-0.2, -0.15) is 0 Å². The first-order valence-electron chi connectivity index (χ1n) is 8.99. The fourth-order valence-corrected chi connectivity index (χ4v) is 3.07. The van der Waals surface area contributed by atoms with Crippen molar-refractivity contribution in [3.05, 3.63) is 64.4 Å². The number of benzene rings is 1. The van der Waals surface area contributed by atoms with Crippen molar-refractivity contribution in [2.24, 2.45) is 0 Å². The predicted octanol–water partition coefficient (Wildman–Crippen LogP) is 2.10. The van der Waals surface area contributed by atoms with Crippen LogP contribution in [0.4, 0.5) is 0 Å². The SMILES string of the molecule is CN1CCN(C(=O)c2ccnc(C(=O)NCCc3ccc(Cl)cc3)c2)CC1. The highest BCUT2D eigenvalue weighted by Gasteiger charge is 2.21. The molecule has 0 atom stereocenters. The Bertz CT molecular complexity index is 802. The molecule has 1 saturated heterocycles. The van der Waals surface area contributed by atoms with Crippen molar-refractivity contribution < 1.29 is 9.59 Å². The average molecular weight is 387 g/mol. The molecule has 3 rings (SSSR count). The van der Waals surface area contributed by atoms with Crippen molar-refractivity contribution in [2.45, 2.75) is 6.42 Å². The van der Waals surface area contributed by atoms with Crippen molar-refractivity contribution >= 4 is 23.4 Å². The lowest BCUT2D eigenvalue weighted by Gasteiger charge is -2.32. The lowest BCUT2D eigenvalue weighted by Crippen LogP contribution is -2.47. The van der Waals surface area contributed by atoms with E-state index >= 15 is 0 Å². The van der Waals surface area contributed by atoms with E-state index in [4.69, 9.17) is 11.6 Å². The van der Waals surface area contributed by atoms with Crippen LogP contribution in [0.25, 0.3) is 0 Å². The van der Waals surface area contributed by atoms with Gasteiger partial charge in [-0.05, 0) is 43.3 Å². The van der Waals surface area contributed by atoms with Gasteiger partial charge < -0.3 is 15.1 Å². The van der Waals surface area contributed by atoms with Crippen LogP contribution in [-0.4, -0.2) is 66.4 Å². The lowest BCUT2D eigenvalue weighted by molar-refractivity contribution is 0.0664. The Balaban J connectivity index is 1.56. The van der Waals surface area contributed by atoms with Gasteiger partial charge in [0.05, 0.1) is 0 Å². The third-order valence-electron chi connectivity index (χ3n) is 4.64. The normalized spacial score (nSPS) is 14.8. The minimum Gasteiger partial charge on any atom is -0.350 e. The molecule has 0 saturated carbocycles. The van der Waals surface area contributed by atoms with Crippen molar-refractivity contribution in [3.8, 4) is 0 Å². The number of halogens is 1. The highest BCUT2D eigenvalue weighted by Crippen LogP contribution is 2.11.